The summed E-state index contributed by atoms with van der Waals surface area (Å²) in [6.07, 6.45) is 0.172. The summed E-state index contributed by atoms with van der Waals surface area (Å²) in [7, 11) is 0. The highest BCUT2D eigenvalue weighted by Gasteiger charge is 2.36. The van der Waals surface area contributed by atoms with Gasteiger partial charge >= 0.3 is 0 Å². The van der Waals surface area contributed by atoms with Crippen LogP contribution in [0.25, 0.3) is 0 Å². The van der Waals surface area contributed by atoms with Crippen molar-refractivity contribution in [3.63, 3.8) is 0 Å². The second kappa shape index (κ2) is 5.39. The third-order valence-electron chi connectivity index (χ3n) is 3.44. The van der Waals surface area contributed by atoms with E-state index < -0.39 is 11.8 Å². The summed E-state index contributed by atoms with van der Waals surface area (Å²) < 4.78 is 0. The van der Waals surface area contributed by atoms with Crippen molar-refractivity contribution in [2.75, 3.05) is 6.54 Å². The summed E-state index contributed by atoms with van der Waals surface area (Å²) in [5.41, 5.74) is 6.06. The first-order valence-electron chi connectivity index (χ1n) is 5.94. The largest absolute Gasteiger partial charge is 0.369 e. The molecular weight excluding hydrogens is 287 g/mol. The normalized spacial score (nSPS) is 20.7. The predicted molar refractivity (Wildman–Crippen MR) is 73.9 cm³/mol. The van der Waals surface area contributed by atoms with Crippen LogP contribution in [-0.2, 0) is 9.59 Å². The Morgan fingerprint density at radius 3 is 2.68 bits per heavy atom. The van der Waals surface area contributed by atoms with Crippen LogP contribution in [0.15, 0.2) is 18.2 Å². The average Bonchev–Trinajstić information content (AvgIpc) is 2.71. The Bertz CT molecular complexity index is 533. The lowest BCUT2D eigenvalue weighted by atomic mass is 10.1. The maximum absolute atomic E-state index is 11.9. The van der Waals surface area contributed by atoms with Crippen molar-refractivity contribution in [1.82, 2.24) is 4.90 Å². The molecule has 1 fully saturated rings. The minimum absolute atomic E-state index is 0.0812. The Kier molecular flexibility index (Phi) is 4.02. The van der Waals surface area contributed by atoms with Gasteiger partial charge in [0.1, 0.15) is 0 Å². The number of halogens is 2. The molecule has 2 N–H and O–H groups in total. The molecular formula is C13H14Cl2N2O2. The number of hydrogen-bond acceptors (Lipinski definition) is 2. The van der Waals surface area contributed by atoms with Crippen molar-refractivity contribution < 1.29 is 9.59 Å². The topological polar surface area (TPSA) is 63.4 Å². The van der Waals surface area contributed by atoms with Gasteiger partial charge in [0.25, 0.3) is 0 Å². The molecule has 2 rings (SSSR count). The maximum atomic E-state index is 11.9. The lowest BCUT2D eigenvalue weighted by Gasteiger charge is -2.25. The SMILES string of the molecule is CC(c1ccc(Cl)cc1Cl)N1CC(C(N)=O)CC1=O. The fourth-order valence-corrected chi connectivity index (χ4v) is 2.87. The summed E-state index contributed by atoms with van der Waals surface area (Å²) >= 11 is 12.0. The molecule has 0 saturated carbocycles. The molecule has 19 heavy (non-hydrogen) atoms. The molecule has 0 aliphatic carbocycles. The number of nitrogens with two attached hydrogens (primary N) is 1. The summed E-state index contributed by atoms with van der Waals surface area (Å²) in [5.74, 6) is -0.936. The molecule has 1 aromatic rings. The van der Waals surface area contributed by atoms with Gasteiger partial charge in [0, 0.05) is 23.0 Å². The monoisotopic (exact) mass is 300 g/mol. The fourth-order valence-electron chi connectivity index (χ4n) is 2.30. The van der Waals surface area contributed by atoms with Crippen molar-refractivity contribution in [3.8, 4) is 0 Å². The molecule has 2 amide bonds. The van der Waals surface area contributed by atoms with E-state index in [0.717, 1.165) is 5.56 Å². The predicted octanol–water partition coefficient (Wildman–Crippen LogP) is 2.39. The second-order valence-corrected chi connectivity index (χ2v) is 5.53. The molecule has 1 heterocycles. The zero-order chi connectivity index (χ0) is 14.2. The van der Waals surface area contributed by atoms with Crippen molar-refractivity contribution in [2.45, 2.75) is 19.4 Å². The lowest BCUT2D eigenvalue weighted by Crippen LogP contribution is -2.31. The highest BCUT2D eigenvalue weighted by molar-refractivity contribution is 6.35. The standard InChI is InChI=1S/C13H14Cl2N2O2/c1-7(10-3-2-9(14)5-11(10)15)17-6-8(13(16)19)4-12(17)18/h2-3,5,7-8H,4,6H2,1H3,(H2,16,19). The molecule has 4 nitrogen and oxygen atoms in total. The quantitative estimate of drug-likeness (QED) is 0.931. The highest BCUT2D eigenvalue weighted by Crippen LogP contribution is 2.33. The van der Waals surface area contributed by atoms with Gasteiger partial charge in [-0.1, -0.05) is 29.3 Å². The first kappa shape index (κ1) is 14.2. The third kappa shape index (κ3) is 2.85. The Morgan fingerprint density at radius 2 is 2.16 bits per heavy atom. The highest BCUT2D eigenvalue weighted by atomic mass is 35.5. The molecule has 0 radical (unpaired) electrons. The van der Waals surface area contributed by atoms with Crippen LogP contribution in [0.5, 0.6) is 0 Å². The number of nitrogens with zero attached hydrogens (tertiary/aromatic N) is 1. The molecule has 2 unspecified atom stereocenters. The molecule has 1 saturated heterocycles. The molecule has 6 heteroatoms. The molecule has 2 atom stereocenters. The van der Waals surface area contributed by atoms with Gasteiger partial charge in [-0.15, -0.1) is 0 Å². The Labute approximate surface area is 121 Å². The van der Waals surface area contributed by atoms with Gasteiger partial charge in [0.2, 0.25) is 11.8 Å². The number of primary amides is 1. The molecule has 0 bridgehead atoms. The van der Waals surface area contributed by atoms with Crippen LogP contribution in [-0.4, -0.2) is 23.3 Å². The van der Waals surface area contributed by atoms with Crippen molar-refractivity contribution in [2.24, 2.45) is 11.7 Å². The van der Waals surface area contributed by atoms with E-state index in [-0.39, 0.29) is 18.4 Å². The summed E-state index contributed by atoms with van der Waals surface area (Å²) in [4.78, 5) is 24.7. The van der Waals surface area contributed by atoms with E-state index in [0.29, 0.717) is 16.6 Å². The number of likely N-dealkylation sites (tertiary alicyclic amines) is 1. The van der Waals surface area contributed by atoms with Crippen LogP contribution in [0.3, 0.4) is 0 Å². The number of carbonyl (C=O) groups excluding carboxylic acids is 2. The number of benzene rings is 1. The average molecular weight is 301 g/mol. The fraction of sp³-hybridized carbons (Fsp3) is 0.385. The molecule has 1 aliphatic heterocycles. The van der Waals surface area contributed by atoms with E-state index in [9.17, 15) is 9.59 Å². The summed E-state index contributed by atoms with van der Waals surface area (Å²) in [5, 5.41) is 1.05. The van der Waals surface area contributed by atoms with Crippen molar-refractivity contribution in [3.05, 3.63) is 33.8 Å². The number of rotatable bonds is 3. The lowest BCUT2D eigenvalue weighted by molar-refractivity contribution is -0.130. The minimum atomic E-state index is -0.440. The Balaban J connectivity index is 2.22. The van der Waals surface area contributed by atoms with E-state index in [1.165, 1.54) is 0 Å². The van der Waals surface area contributed by atoms with Crippen LogP contribution in [0.4, 0.5) is 0 Å². The Hall–Kier alpha value is -1.26. The van der Waals surface area contributed by atoms with Gasteiger partial charge in [-0.05, 0) is 24.6 Å². The Morgan fingerprint density at radius 1 is 1.47 bits per heavy atom. The van der Waals surface area contributed by atoms with E-state index >= 15 is 0 Å². The number of carbonyl (C=O) groups is 2. The van der Waals surface area contributed by atoms with Gasteiger partial charge in [-0.25, -0.2) is 0 Å². The van der Waals surface area contributed by atoms with E-state index in [1.807, 2.05) is 6.92 Å². The van der Waals surface area contributed by atoms with E-state index in [4.69, 9.17) is 28.9 Å². The number of amides is 2. The van der Waals surface area contributed by atoms with Gasteiger partial charge in [0.15, 0.2) is 0 Å². The zero-order valence-corrected chi connectivity index (χ0v) is 11.9. The van der Waals surface area contributed by atoms with Crippen molar-refractivity contribution >= 4 is 35.0 Å². The summed E-state index contributed by atoms with van der Waals surface area (Å²) in [6.45, 7) is 2.21. The molecule has 0 spiro atoms. The van der Waals surface area contributed by atoms with Crippen LogP contribution >= 0.6 is 23.2 Å². The van der Waals surface area contributed by atoms with Crippen LogP contribution in [0, 0.1) is 5.92 Å². The van der Waals surface area contributed by atoms with Gasteiger partial charge in [-0.2, -0.15) is 0 Å². The van der Waals surface area contributed by atoms with E-state index in [1.54, 1.807) is 23.1 Å². The first-order valence-corrected chi connectivity index (χ1v) is 6.69. The molecule has 0 aromatic heterocycles. The minimum Gasteiger partial charge on any atom is -0.369 e. The van der Waals surface area contributed by atoms with E-state index in [2.05, 4.69) is 0 Å². The van der Waals surface area contributed by atoms with Gasteiger partial charge in [0.05, 0.1) is 12.0 Å². The van der Waals surface area contributed by atoms with Crippen LogP contribution in [0.1, 0.15) is 24.9 Å². The molecule has 1 aliphatic rings. The summed E-state index contributed by atoms with van der Waals surface area (Å²) in [6, 6.07) is 4.95. The third-order valence-corrected chi connectivity index (χ3v) is 4.00. The number of hydrogen-bond donors (Lipinski definition) is 1. The second-order valence-electron chi connectivity index (χ2n) is 4.69. The van der Waals surface area contributed by atoms with Gasteiger partial charge < -0.3 is 10.6 Å². The van der Waals surface area contributed by atoms with Crippen molar-refractivity contribution in [1.29, 1.82) is 0 Å². The zero-order valence-electron chi connectivity index (χ0n) is 10.4. The smallest absolute Gasteiger partial charge is 0.223 e. The maximum Gasteiger partial charge on any atom is 0.223 e. The first-order chi connectivity index (χ1) is 8.90. The molecule has 102 valence electrons. The van der Waals surface area contributed by atoms with Gasteiger partial charge in [-0.3, -0.25) is 9.59 Å². The van der Waals surface area contributed by atoms with Crippen LogP contribution < -0.4 is 5.73 Å². The molecule has 1 aromatic carbocycles. The van der Waals surface area contributed by atoms with Crippen LogP contribution in [0.2, 0.25) is 10.0 Å².